The summed E-state index contributed by atoms with van der Waals surface area (Å²) in [5, 5.41) is 3.81. The predicted octanol–water partition coefficient (Wildman–Crippen LogP) is 3.49. The topological polar surface area (TPSA) is 52.7 Å². The van der Waals surface area contributed by atoms with Gasteiger partial charge in [0.25, 0.3) is 0 Å². The molecule has 1 heterocycles. The number of hydrogen-bond acceptors (Lipinski definition) is 3. The number of amides is 2. The molecular formula is C23H30ClN3O2. The highest BCUT2D eigenvalue weighted by molar-refractivity contribution is 6.30. The minimum Gasteiger partial charge on any atom is -0.368 e. The highest BCUT2D eigenvalue weighted by Crippen LogP contribution is 2.42. The Morgan fingerprint density at radius 3 is 2.59 bits per heavy atom. The van der Waals surface area contributed by atoms with Crippen molar-refractivity contribution in [3.63, 3.8) is 0 Å². The summed E-state index contributed by atoms with van der Waals surface area (Å²) in [5.74, 6) is 2.23. The van der Waals surface area contributed by atoms with Gasteiger partial charge in [-0.05, 0) is 55.2 Å². The lowest BCUT2D eigenvalue weighted by atomic mass is 9.93. The average Bonchev–Trinajstić information content (AvgIpc) is 3.36. The quantitative estimate of drug-likeness (QED) is 0.693. The molecule has 156 valence electrons. The van der Waals surface area contributed by atoms with Crippen molar-refractivity contribution in [2.45, 2.75) is 32.1 Å². The molecule has 29 heavy (non-hydrogen) atoms. The summed E-state index contributed by atoms with van der Waals surface area (Å²) in [6.45, 7) is 3.84. The third-order valence-corrected chi connectivity index (χ3v) is 6.81. The van der Waals surface area contributed by atoms with Crippen molar-refractivity contribution in [2.75, 3.05) is 37.6 Å². The largest absolute Gasteiger partial charge is 0.368 e. The fourth-order valence-electron chi connectivity index (χ4n) is 4.91. The molecule has 3 atom stereocenters. The van der Waals surface area contributed by atoms with Crippen LogP contribution in [0.3, 0.4) is 0 Å². The Bertz CT molecular complexity index is 773. The van der Waals surface area contributed by atoms with Crippen molar-refractivity contribution in [3.05, 3.63) is 41.4 Å². The zero-order chi connectivity index (χ0) is 20.2. The van der Waals surface area contributed by atoms with E-state index in [2.05, 4.69) is 28.4 Å². The third-order valence-electron chi connectivity index (χ3n) is 6.58. The number of carbonyl (C=O) groups is 2. The first-order chi connectivity index (χ1) is 14.1. The van der Waals surface area contributed by atoms with Crippen LogP contribution in [0.1, 0.15) is 32.1 Å². The molecule has 5 nitrogen and oxygen atoms in total. The molecule has 0 aromatic heterocycles. The van der Waals surface area contributed by atoms with Gasteiger partial charge in [-0.1, -0.05) is 29.8 Å². The van der Waals surface area contributed by atoms with Crippen LogP contribution in [0, 0.1) is 17.8 Å². The van der Waals surface area contributed by atoms with Gasteiger partial charge in [0.2, 0.25) is 11.8 Å². The van der Waals surface area contributed by atoms with Crippen molar-refractivity contribution in [1.82, 2.24) is 10.2 Å². The van der Waals surface area contributed by atoms with Crippen molar-refractivity contribution in [3.8, 4) is 0 Å². The Labute approximate surface area is 178 Å². The maximum Gasteiger partial charge on any atom is 0.222 e. The Morgan fingerprint density at radius 1 is 1.07 bits per heavy atom. The summed E-state index contributed by atoms with van der Waals surface area (Å²) in [4.78, 5) is 28.8. The van der Waals surface area contributed by atoms with Gasteiger partial charge >= 0.3 is 0 Å². The number of hydrogen-bond donors (Lipinski definition) is 1. The molecule has 3 aliphatic rings. The minimum absolute atomic E-state index is 0.0790. The molecule has 1 aromatic rings. The van der Waals surface area contributed by atoms with E-state index in [0.717, 1.165) is 49.4 Å². The molecule has 1 aliphatic heterocycles. The average molecular weight is 416 g/mol. The molecule has 1 N–H and O–H groups in total. The normalized spacial score (nSPS) is 25.5. The van der Waals surface area contributed by atoms with Gasteiger partial charge in [0, 0.05) is 56.3 Å². The van der Waals surface area contributed by atoms with Gasteiger partial charge in [-0.3, -0.25) is 9.59 Å². The van der Waals surface area contributed by atoms with E-state index in [1.807, 2.05) is 23.1 Å². The van der Waals surface area contributed by atoms with Crippen LogP contribution < -0.4 is 10.2 Å². The molecule has 4 rings (SSSR count). The van der Waals surface area contributed by atoms with Gasteiger partial charge in [0.15, 0.2) is 0 Å². The molecule has 2 aliphatic carbocycles. The first kappa shape index (κ1) is 20.3. The summed E-state index contributed by atoms with van der Waals surface area (Å²) in [7, 11) is 0. The van der Waals surface area contributed by atoms with E-state index in [1.165, 1.54) is 12.8 Å². The van der Waals surface area contributed by atoms with E-state index < -0.39 is 0 Å². The number of nitrogens with one attached hydrogen (secondary N) is 1. The van der Waals surface area contributed by atoms with Crippen LogP contribution in [0.4, 0.5) is 5.69 Å². The van der Waals surface area contributed by atoms with Crippen LogP contribution in [-0.4, -0.2) is 49.4 Å². The molecule has 2 bridgehead atoms. The van der Waals surface area contributed by atoms with Gasteiger partial charge in [-0.2, -0.15) is 0 Å². The number of carbonyl (C=O) groups excluding carboxylic acids is 2. The molecule has 6 heteroatoms. The lowest BCUT2D eigenvalue weighted by Crippen LogP contribution is -2.48. The predicted molar refractivity (Wildman–Crippen MR) is 116 cm³/mol. The van der Waals surface area contributed by atoms with Crippen LogP contribution >= 0.6 is 11.6 Å². The Balaban J connectivity index is 1.11. The van der Waals surface area contributed by atoms with Crippen LogP contribution in [0.5, 0.6) is 0 Å². The highest BCUT2D eigenvalue weighted by Gasteiger charge is 2.35. The molecule has 1 saturated carbocycles. The lowest BCUT2D eigenvalue weighted by Gasteiger charge is -2.36. The van der Waals surface area contributed by atoms with E-state index in [1.54, 1.807) is 0 Å². The van der Waals surface area contributed by atoms with Crippen LogP contribution in [0.15, 0.2) is 36.4 Å². The number of benzene rings is 1. The number of halogens is 1. The number of allylic oxidation sites excluding steroid dienone is 2. The third kappa shape index (κ3) is 5.13. The molecule has 0 radical (unpaired) electrons. The van der Waals surface area contributed by atoms with Gasteiger partial charge in [-0.15, -0.1) is 0 Å². The molecule has 0 spiro atoms. The van der Waals surface area contributed by atoms with E-state index >= 15 is 0 Å². The van der Waals surface area contributed by atoms with Gasteiger partial charge in [0.1, 0.15) is 0 Å². The summed E-state index contributed by atoms with van der Waals surface area (Å²) < 4.78 is 0. The van der Waals surface area contributed by atoms with Gasteiger partial charge in [0.05, 0.1) is 0 Å². The molecular weight excluding hydrogens is 386 g/mol. The van der Waals surface area contributed by atoms with E-state index in [4.69, 9.17) is 11.6 Å². The molecule has 2 fully saturated rings. The number of nitrogens with zero attached hydrogens (tertiary/aromatic N) is 2. The number of rotatable bonds is 7. The van der Waals surface area contributed by atoms with E-state index in [0.29, 0.717) is 31.1 Å². The summed E-state index contributed by atoms with van der Waals surface area (Å²) in [6, 6.07) is 7.84. The maximum absolute atomic E-state index is 12.5. The molecule has 2 amide bonds. The fourth-order valence-corrected chi connectivity index (χ4v) is 5.09. The Hall–Kier alpha value is -2.01. The highest BCUT2D eigenvalue weighted by atomic mass is 35.5. The zero-order valence-corrected chi connectivity index (χ0v) is 17.6. The second-order valence-corrected chi connectivity index (χ2v) is 8.98. The number of anilines is 1. The lowest BCUT2D eigenvalue weighted by molar-refractivity contribution is -0.131. The van der Waals surface area contributed by atoms with Crippen molar-refractivity contribution in [2.24, 2.45) is 17.8 Å². The SMILES string of the molecule is O=C(CCCC(=O)N1CCN(c2cccc(Cl)c2)CC1)NC[C@@H]1C[C@@H]2C=C[C@H]1C2. The summed E-state index contributed by atoms with van der Waals surface area (Å²) >= 11 is 6.07. The second kappa shape index (κ2) is 9.21. The first-order valence-corrected chi connectivity index (χ1v) is 11.2. The Kier molecular flexibility index (Phi) is 6.43. The van der Waals surface area contributed by atoms with Gasteiger partial charge < -0.3 is 15.1 Å². The van der Waals surface area contributed by atoms with E-state index in [-0.39, 0.29) is 11.8 Å². The molecule has 1 aromatic carbocycles. The van der Waals surface area contributed by atoms with E-state index in [9.17, 15) is 9.59 Å². The Morgan fingerprint density at radius 2 is 1.90 bits per heavy atom. The smallest absolute Gasteiger partial charge is 0.222 e. The number of piperazine rings is 1. The van der Waals surface area contributed by atoms with Crippen molar-refractivity contribution < 1.29 is 9.59 Å². The summed E-state index contributed by atoms with van der Waals surface area (Å²) in [5.41, 5.74) is 1.10. The van der Waals surface area contributed by atoms with Crippen LogP contribution in [0.2, 0.25) is 5.02 Å². The first-order valence-electron chi connectivity index (χ1n) is 10.8. The number of fused-ring (bicyclic) bond motifs is 2. The zero-order valence-electron chi connectivity index (χ0n) is 16.9. The summed E-state index contributed by atoms with van der Waals surface area (Å²) in [6.07, 6.45) is 8.61. The minimum atomic E-state index is 0.0790. The van der Waals surface area contributed by atoms with Crippen LogP contribution in [0.25, 0.3) is 0 Å². The van der Waals surface area contributed by atoms with Crippen LogP contribution in [-0.2, 0) is 9.59 Å². The van der Waals surface area contributed by atoms with Crippen molar-refractivity contribution >= 4 is 29.1 Å². The monoisotopic (exact) mass is 415 g/mol. The second-order valence-electron chi connectivity index (χ2n) is 8.55. The maximum atomic E-state index is 12.5. The van der Waals surface area contributed by atoms with Crippen molar-refractivity contribution in [1.29, 1.82) is 0 Å². The fraction of sp³-hybridized carbons (Fsp3) is 0.565. The molecule has 0 unspecified atom stereocenters. The molecule has 1 saturated heterocycles. The van der Waals surface area contributed by atoms with Gasteiger partial charge in [-0.25, -0.2) is 0 Å². The standard InChI is InChI=1S/C23H30ClN3O2/c24-20-3-1-4-21(15-20)26-9-11-27(12-10-26)23(29)6-2-5-22(28)25-16-19-14-17-7-8-18(19)13-17/h1,3-4,7-8,15,17-19H,2,5-6,9-14,16H2,(H,25,28)/t17-,18+,19+/m1/s1.